The molecule has 122 valence electrons. The Hall–Kier alpha value is -2.08. The number of hydrogen-bond donors (Lipinski definition) is 0. The van der Waals surface area contributed by atoms with Gasteiger partial charge in [0.1, 0.15) is 0 Å². The molecule has 0 saturated heterocycles. The van der Waals surface area contributed by atoms with Gasteiger partial charge in [-0.05, 0) is 40.5 Å². The molecule has 6 heteroatoms. The molecule has 0 atom stereocenters. The van der Waals surface area contributed by atoms with Gasteiger partial charge in [-0.3, -0.25) is 9.59 Å². The van der Waals surface area contributed by atoms with Gasteiger partial charge >= 0.3 is 5.97 Å². The van der Waals surface area contributed by atoms with Crippen LogP contribution in [0.15, 0.2) is 51.6 Å². The summed E-state index contributed by atoms with van der Waals surface area (Å²) in [5.74, 6) is -0.348. The molecule has 0 radical (unpaired) electrons. The minimum atomic E-state index is -0.320. The number of ether oxygens (including phenoxy) is 1. The van der Waals surface area contributed by atoms with Gasteiger partial charge in [0.2, 0.25) is 0 Å². The van der Waals surface area contributed by atoms with Crippen LogP contribution >= 0.6 is 15.9 Å². The number of carbonyl (C=O) groups is 2. The standard InChI is InChI=1S/C17H18BrNO4/c1-2-22-16(20)10-11-19(12-13-6-4-3-5-7-13)17(21)14-8-9-15(18)23-14/h3-9H,2,10-12H2,1H3. The third-order valence-corrected chi connectivity index (χ3v) is 3.60. The monoisotopic (exact) mass is 379 g/mol. The van der Waals surface area contributed by atoms with Gasteiger partial charge in [0.25, 0.3) is 5.91 Å². The maximum Gasteiger partial charge on any atom is 0.307 e. The van der Waals surface area contributed by atoms with Crippen molar-refractivity contribution >= 4 is 27.8 Å². The molecule has 0 unspecified atom stereocenters. The molecule has 5 nitrogen and oxygen atoms in total. The molecule has 0 aliphatic carbocycles. The minimum absolute atomic E-state index is 0.147. The van der Waals surface area contributed by atoms with Crippen LogP contribution in [-0.4, -0.2) is 29.9 Å². The molecular weight excluding hydrogens is 362 g/mol. The van der Waals surface area contributed by atoms with Gasteiger partial charge in [0.05, 0.1) is 13.0 Å². The van der Waals surface area contributed by atoms with E-state index in [4.69, 9.17) is 9.15 Å². The van der Waals surface area contributed by atoms with Gasteiger partial charge < -0.3 is 14.1 Å². The second-order valence-electron chi connectivity index (χ2n) is 4.87. The number of rotatable bonds is 7. The van der Waals surface area contributed by atoms with Crippen LogP contribution in [0.3, 0.4) is 0 Å². The van der Waals surface area contributed by atoms with Crippen LogP contribution in [0.2, 0.25) is 0 Å². The molecule has 0 spiro atoms. The summed E-state index contributed by atoms with van der Waals surface area (Å²) in [7, 11) is 0. The van der Waals surface area contributed by atoms with E-state index in [1.54, 1.807) is 24.0 Å². The van der Waals surface area contributed by atoms with Gasteiger partial charge in [-0.1, -0.05) is 30.3 Å². The highest BCUT2D eigenvalue weighted by atomic mass is 79.9. The van der Waals surface area contributed by atoms with Crippen LogP contribution in [-0.2, 0) is 16.1 Å². The average molecular weight is 380 g/mol. The first kappa shape index (κ1) is 17.3. The fourth-order valence-electron chi connectivity index (χ4n) is 2.10. The molecule has 23 heavy (non-hydrogen) atoms. The molecule has 1 aromatic heterocycles. The van der Waals surface area contributed by atoms with Crippen molar-refractivity contribution in [2.75, 3.05) is 13.2 Å². The first-order valence-corrected chi connectivity index (χ1v) is 8.13. The van der Waals surface area contributed by atoms with Gasteiger partial charge in [0, 0.05) is 13.1 Å². The minimum Gasteiger partial charge on any atom is -0.466 e. The van der Waals surface area contributed by atoms with E-state index in [0.29, 0.717) is 17.8 Å². The van der Waals surface area contributed by atoms with Crippen molar-refractivity contribution < 1.29 is 18.7 Å². The zero-order valence-corrected chi connectivity index (χ0v) is 14.4. The second-order valence-corrected chi connectivity index (χ2v) is 5.65. The van der Waals surface area contributed by atoms with E-state index >= 15 is 0 Å². The molecule has 0 saturated carbocycles. The number of nitrogens with zero attached hydrogens (tertiary/aromatic N) is 1. The topological polar surface area (TPSA) is 59.8 Å². The first-order valence-electron chi connectivity index (χ1n) is 7.34. The number of carbonyl (C=O) groups excluding carboxylic acids is 2. The highest BCUT2D eigenvalue weighted by molar-refractivity contribution is 9.10. The SMILES string of the molecule is CCOC(=O)CCN(Cc1ccccc1)C(=O)c1ccc(Br)o1. The Balaban J connectivity index is 2.10. The van der Waals surface area contributed by atoms with Crippen LogP contribution in [0.5, 0.6) is 0 Å². The van der Waals surface area contributed by atoms with E-state index in [2.05, 4.69) is 15.9 Å². The van der Waals surface area contributed by atoms with E-state index in [1.165, 1.54) is 0 Å². The normalized spacial score (nSPS) is 10.3. The fraction of sp³-hybridized carbons (Fsp3) is 0.294. The summed E-state index contributed by atoms with van der Waals surface area (Å²) in [6.07, 6.45) is 0.147. The molecule has 1 amide bonds. The highest BCUT2D eigenvalue weighted by Gasteiger charge is 2.20. The Morgan fingerprint density at radius 1 is 1.17 bits per heavy atom. The number of halogens is 1. The van der Waals surface area contributed by atoms with Gasteiger partial charge in [-0.15, -0.1) is 0 Å². The maximum atomic E-state index is 12.6. The summed E-state index contributed by atoms with van der Waals surface area (Å²) in [6, 6.07) is 12.9. The highest BCUT2D eigenvalue weighted by Crippen LogP contribution is 2.17. The van der Waals surface area contributed by atoms with Crippen molar-refractivity contribution in [3.63, 3.8) is 0 Å². The molecule has 0 bridgehead atoms. The Bertz CT molecular complexity index is 654. The van der Waals surface area contributed by atoms with Crippen LogP contribution < -0.4 is 0 Å². The van der Waals surface area contributed by atoms with Crippen molar-refractivity contribution in [1.82, 2.24) is 4.90 Å². The summed E-state index contributed by atoms with van der Waals surface area (Å²) in [6.45, 7) is 2.75. The zero-order chi connectivity index (χ0) is 16.7. The number of benzene rings is 1. The van der Waals surface area contributed by atoms with Gasteiger partial charge in [0.15, 0.2) is 10.4 Å². The van der Waals surface area contributed by atoms with Crippen molar-refractivity contribution in [1.29, 1.82) is 0 Å². The molecule has 0 N–H and O–H groups in total. The quantitative estimate of drug-likeness (QED) is 0.689. The Morgan fingerprint density at radius 3 is 2.52 bits per heavy atom. The fourth-order valence-corrected chi connectivity index (χ4v) is 2.41. The molecule has 0 fully saturated rings. The van der Waals surface area contributed by atoms with Crippen LogP contribution in [0.1, 0.15) is 29.5 Å². The Labute approximate surface area is 143 Å². The second kappa shape index (κ2) is 8.53. The summed E-state index contributed by atoms with van der Waals surface area (Å²) in [5.41, 5.74) is 0.982. The van der Waals surface area contributed by atoms with Crippen LogP contribution in [0.4, 0.5) is 0 Å². The lowest BCUT2D eigenvalue weighted by atomic mass is 10.2. The van der Waals surface area contributed by atoms with Crippen molar-refractivity contribution in [3.8, 4) is 0 Å². The predicted molar refractivity (Wildman–Crippen MR) is 88.8 cm³/mol. The lowest BCUT2D eigenvalue weighted by Crippen LogP contribution is -2.32. The molecular formula is C17H18BrNO4. The predicted octanol–water partition coefficient (Wildman–Crippen LogP) is 3.64. The Kier molecular flexibility index (Phi) is 6.40. The van der Waals surface area contributed by atoms with Crippen LogP contribution in [0, 0.1) is 0 Å². The van der Waals surface area contributed by atoms with E-state index in [1.807, 2.05) is 30.3 Å². The third kappa shape index (κ3) is 5.25. The number of hydrogen-bond acceptors (Lipinski definition) is 4. The largest absolute Gasteiger partial charge is 0.466 e. The van der Waals surface area contributed by atoms with Crippen LogP contribution in [0.25, 0.3) is 0 Å². The van der Waals surface area contributed by atoms with Crippen molar-refractivity contribution in [3.05, 3.63) is 58.5 Å². The molecule has 0 aliphatic heterocycles. The van der Waals surface area contributed by atoms with E-state index in [9.17, 15) is 9.59 Å². The summed E-state index contributed by atoms with van der Waals surface area (Å²) >= 11 is 3.19. The molecule has 1 heterocycles. The number of furan rings is 1. The van der Waals surface area contributed by atoms with Gasteiger partial charge in [-0.25, -0.2) is 0 Å². The lowest BCUT2D eigenvalue weighted by molar-refractivity contribution is -0.143. The first-order chi connectivity index (χ1) is 11.1. The number of amides is 1. The summed E-state index contributed by atoms with van der Waals surface area (Å²) in [4.78, 5) is 25.7. The van der Waals surface area contributed by atoms with Gasteiger partial charge in [-0.2, -0.15) is 0 Å². The third-order valence-electron chi connectivity index (χ3n) is 3.18. The van der Waals surface area contributed by atoms with E-state index < -0.39 is 0 Å². The summed E-state index contributed by atoms with van der Waals surface area (Å²) < 4.78 is 10.7. The summed E-state index contributed by atoms with van der Waals surface area (Å²) in [5, 5.41) is 0. The lowest BCUT2D eigenvalue weighted by Gasteiger charge is -2.21. The van der Waals surface area contributed by atoms with Crippen molar-refractivity contribution in [2.24, 2.45) is 0 Å². The van der Waals surface area contributed by atoms with Crippen molar-refractivity contribution in [2.45, 2.75) is 19.9 Å². The maximum absolute atomic E-state index is 12.6. The average Bonchev–Trinajstić information content (AvgIpc) is 2.98. The molecule has 2 rings (SSSR count). The van der Waals surface area contributed by atoms with E-state index in [-0.39, 0.29) is 30.6 Å². The smallest absolute Gasteiger partial charge is 0.307 e. The number of esters is 1. The molecule has 1 aromatic carbocycles. The molecule has 0 aliphatic rings. The molecule has 2 aromatic rings. The zero-order valence-electron chi connectivity index (χ0n) is 12.8. The Morgan fingerprint density at radius 2 is 1.91 bits per heavy atom. The van der Waals surface area contributed by atoms with E-state index in [0.717, 1.165) is 5.56 Å².